The summed E-state index contributed by atoms with van der Waals surface area (Å²) in [5.74, 6) is 0.318. The maximum Gasteiger partial charge on any atom is 0.307 e. The zero-order valence-electron chi connectivity index (χ0n) is 19.1. The molecule has 3 aromatic rings. The maximum absolute atomic E-state index is 12.3. The summed E-state index contributed by atoms with van der Waals surface area (Å²) in [6.07, 6.45) is -0.239. The number of rotatable bonds is 12. The molecule has 3 aromatic carbocycles. The van der Waals surface area contributed by atoms with E-state index in [1.807, 2.05) is 25.1 Å². The first-order chi connectivity index (χ1) is 16.9. The van der Waals surface area contributed by atoms with Gasteiger partial charge in [0.05, 0.1) is 23.6 Å². The lowest BCUT2D eigenvalue weighted by Gasteiger charge is -2.12. The van der Waals surface area contributed by atoms with Crippen LogP contribution in [-0.4, -0.2) is 40.1 Å². The molecule has 9 nitrogen and oxygen atoms in total. The summed E-state index contributed by atoms with van der Waals surface area (Å²) in [7, 11) is -3.80. The zero-order chi connectivity index (χ0) is 25.1. The first kappa shape index (κ1) is 25.7. The lowest BCUT2D eigenvalue weighted by molar-refractivity contribution is -0.147. The van der Waals surface area contributed by atoms with Gasteiger partial charge in [-0.1, -0.05) is 30.3 Å². The van der Waals surface area contributed by atoms with Gasteiger partial charge in [0.25, 0.3) is 5.91 Å². The number of nitrogens with one attached hydrogen (secondary N) is 2. The van der Waals surface area contributed by atoms with Gasteiger partial charge in [-0.15, -0.1) is 0 Å². The van der Waals surface area contributed by atoms with Gasteiger partial charge in [0, 0.05) is 6.54 Å². The average Bonchev–Trinajstić information content (AvgIpc) is 2.85. The number of hydrogen-bond donors (Lipinski definition) is 2. The SMILES string of the molecule is CCOc1ccc(S(=O)(=O)NCCC(=O)OCC(=O)Nc2ccccc2Oc2ccccc2)cc1. The van der Waals surface area contributed by atoms with E-state index in [4.69, 9.17) is 14.2 Å². The smallest absolute Gasteiger partial charge is 0.307 e. The average molecular weight is 499 g/mol. The minimum atomic E-state index is -3.80. The summed E-state index contributed by atoms with van der Waals surface area (Å²) < 4.78 is 43.0. The van der Waals surface area contributed by atoms with E-state index in [1.54, 1.807) is 48.5 Å². The van der Waals surface area contributed by atoms with Crippen molar-refractivity contribution < 1.29 is 32.2 Å². The minimum Gasteiger partial charge on any atom is -0.494 e. The van der Waals surface area contributed by atoms with Gasteiger partial charge in [-0.2, -0.15) is 0 Å². The number of amides is 1. The second-order valence-electron chi connectivity index (χ2n) is 7.17. The van der Waals surface area contributed by atoms with Crippen LogP contribution in [0.1, 0.15) is 13.3 Å². The standard InChI is InChI=1S/C25H26N2O7S/c1-2-32-19-12-14-21(15-13-19)35(30,31)26-17-16-25(29)33-18-24(28)27-22-10-6-7-11-23(22)34-20-8-4-3-5-9-20/h3-15,26H,2,16-18H2,1H3,(H,27,28). The molecule has 10 heteroatoms. The zero-order valence-corrected chi connectivity index (χ0v) is 19.9. The number of sulfonamides is 1. The first-order valence-corrected chi connectivity index (χ1v) is 12.4. The molecule has 0 radical (unpaired) electrons. The minimum absolute atomic E-state index is 0.0464. The Labute approximate surface area is 204 Å². The van der Waals surface area contributed by atoms with E-state index < -0.39 is 28.5 Å². The molecule has 0 saturated heterocycles. The third-order valence-electron chi connectivity index (χ3n) is 4.56. The molecular weight excluding hydrogens is 472 g/mol. The molecule has 3 rings (SSSR count). The summed E-state index contributed by atoms with van der Waals surface area (Å²) in [6, 6.07) is 21.9. The predicted octanol–water partition coefficient (Wildman–Crippen LogP) is 3.73. The highest BCUT2D eigenvalue weighted by atomic mass is 32.2. The van der Waals surface area contributed by atoms with Crippen molar-refractivity contribution >= 4 is 27.6 Å². The van der Waals surface area contributed by atoms with Crippen LogP contribution in [0.5, 0.6) is 17.2 Å². The predicted molar refractivity (Wildman–Crippen MR) is 130 cm³/mol. The molecule has 0 saturated carbocycles. The Morgan fingerprint density at radius 2 is 1.54 bits per heavy atom. The second-order valence-corrected chi connectivity index (χ2v) is 8.94. The highest BCUT2D eigenvalue weighted by Gasteiger charge is 2.16. The highest BCUT2D eigenvalue weighted by molar-refractivity contribution is 7.89. The van der Waals surface area contributed by atoms with Crippen LogP contribution in [0.4, 0.5) is 5.69 Å². The van der Waals surface area contributed by atoms with Crippen molar-refractivity contribution in [1.82, 2.24) is 4.72 Å². The number of para-hydroxylation sites is 3. The van der Waals surface area contributed by atoms with Crippen LogP contribution in [0.2, 0.25) is 0 Å². The Kier molecular flexibility index (Phi) is 9.22. The van der Waals surface area contributed by atoms with E-state index in [9.17, 15) is 18.0 Å². The maximum atomic E-state index is 12.3. The topological polar surface area (TPSA) is 120 Å². The van der Waals surface area contributed by atoms with Crippen LogP contribution in [0.25, 0.3) is 0 Å². The number of anilines is 1. The molecule has 0 aliphatic carbocycles. The number of carbonyl (C=O) groups is 2. The largest absolute Gasteiger partial charge is 0.494 e. The molecule has 0 aromatic heterocycles. The van der Waals surface area contributed by atoms with E-state index >= 15 is 0 Å². The lowest BCUT2D eigenvalue weighted by atomic mass is 10.3. The van der Waals surface area contributed by atoms with Crippen molar-refractivity contribution in [3.63, 3.8) is 0 Å². The molecule has 0 atom stereocenters. The fraction of sp³-hybridized carbons (Fsp3) is 0.200. The molecule has 184 valence electrons. The number of benzene rings is 3. The molecule has 1 amide bonds. The Balaban J connectivity index is 1.43. The highest BCUT2D eigenvalue weighted by Crippen LogP contribution is 2.29. The van der Waals surface area contributed by atoms with Crippen LogP contribution in [0.15, 0.2) is 83.8 Å². The van der Waals surface area contributed by atoms with Crippen molar-refractivity contribution in [3.05, 3.63) is 78.9 Å². The van der Waals surface area contributed by atoms with Gasteiger partial charge in [-0.05, 0) is 55.5 Å². The molecule has 2 N–H and O–H groups in total. The Bertz CT molecular complexity index is 1230. The van der Waals surface area contributed by atoms with Crippen LogP contribution < -0.4 is 19.5 Å². The molecular formula is C25H26N2O7S. The fourth-order valence-corrected chi connectivity index (χ4v) is 3.96. The Morgan fingerprint density at radius 1 is 0.857 bits per heavy atom. The molecule has 0 aliphatic rings. The number of esters is 1. The van der Waals surface area contributed by atoms with Gasteiger partial charge in [0.15, 0.2) is 12.4 Å². The van der Waals surface area contributed by atoms with Crippen molar-refractivity contribution in [2.75, 3.05) is 25.1 Å². The van der Waals surface area contributed by atoms with E-state index in [0.29, 0.717) is 29.5 Å². The second kappa shape index (κ2) is 12.5. The Hall–Kier alpha value is -3.89. The summed E-state index contributed by atoms with van der Waals surface area (Å²) >= 11 is 0. The van der Waals surface area contributed by atoms with Crippen LogP contribution in [0, 0.1) is 0 Å². The molecule has 0 fully saturated rings. The molecule has 0 bridgehead atoms. The van der Waals surface area contributed by atoms with Crippen molar-refractivity contribution in [3.8, 4) is 17.2 Å². The monoisotopic (exact) mass is 498 g/mol. The van der Waals surface area contributed by atoms with Gasteiger partial charge >= 0.3 is 5.97 Å². The quantitative estimate of drug-likeness (QED) is 0.365. The number of carbonyl (C=O) groups excluding carboxylic acids is 2. The van der Waals surface area contributed by atoms with Crippen LogP contribution in [-0.2, 0) is 24.3 Å². The van der Waals surface area contributed by atoms with Crippen LogP contribution in [0.3, 0.4) is 0 Å². The number of hydrogen-bond acceptors (Lipinski definition) is 7. The summed E-state index contributed by atoms with van der Waals surface area (Å²) in [6.45, 7) is 1.60. The summed E-state index contributed by atoms with van der Waals surface area (Å²) in [5, 5.41) is 2.64. The van der Waals surface area contributed by atoms with E-state index in [-0.39, 0.29) is 17.9 Å². The molecule has 0 heterocycles. The van der Waals surface area contributed by atoms with Gasteiger partial charge in [-0.25, -0.2) is 13.1 Å². The van der Waals surface area contributed by atoms with Gasteiger partial charge < -0.3 is 19.5 Å². The molecule has 0 spiro atoms. The normalized spacial score (nSPS) is 10.9. The molecule has 0 unspecified atom stereocenters. The number of ether oxygens (including phenoxy) is 3. The van der Waals surface area contributed by atoms with Crippen molar-refractivity contribution in [2.45, 2.75) is 18.2 Å². The first-order valence-electron chi connectivity index (χ1n) is 10.9. The van der Waals surface area contributed by atoms with Crippen molar-refractivity contribution in [2.24, 2.45) is 0 Å². The van der Waals surface area contributed by atoms with E-state index in [2.05, 4.69) is 10.0 Å². The van der Waals surface area contributed by atoms with E-state index in [1.165, 1.54) is 12.1 Å². The third-order valence-corrected chi connectivity index (χ3v) is 6.04. The van der Waals surface area contributed by atoms with E-state index in [0.717, 1.165) is 0 Å². The van der Waals surface area contributed by atoms with Crippen molar-refractivity contribution in [1.29, 1.82) is 0 Å². The summed E-state index contributed by atoms with van der Waals surface area (Å²) in [5.41, 5.74) is 0.417. The molecule has 35 heavy (non-hydrogen) atoms. The molecule has 0 aliphatic heterocycles. The van der Waals surface area contributed by atoms with Gasteiger partial charge in [-0.3, -0.25) is 9.59 Å². The Morgan fingerprint density at radius 3 is 2.26 bits per heavy atom. The lowest BCUT2D eigenvalue weighted by Crippen LogP contribution is -2.28. The van der Waals surface area contributed by atoms with Crippen LogP contribution >= 0.6 is 0 Å². The van der Waals surface area contributed by atoms with Gasteiger partial charge in [0.2, 0.25) is 10.0 Å². The third kappa shape index (κ3) is 8.13. The fourth-order valence-electron chi connectivity index (χ4n) is 2.93. The van der Waals surface area contributed by atoms with Gasteiger partial charge in [0.1, 0.15) is 11.5 Å². The summed E-state index contributed by atoms with van der Waals surface area (Å²) in [4.78, 5) is 24.3.